The molecule has 0 aliphatic carbocycles. The summed E-state index contributed by atoms with van der Waals surface area (Å²) < 4.78 is 5.34. The Kier molecular flexibility index (Phi) is 26.6. The molecule has 0 N–H and O–H groups in total. The van der Waals surface area contributed by atoms with E-state index in [0.29, 0.717) is 13.0 Å². The van der Waals surface area contributed by atoms with E-state index in [-0.39, 0.29) is 5.97 Å². The van der Waals surface area contributed by atoms with Gasteiger partial charge in [-0.15, -0.1) is 0 Å². The zero-order valence-electron chi connectivity index (χ0n) is 21.8. The number of carbonyl (C=O) groups excluding carboxylic acids is 1. The third-order valence-electron chi connectivity index (χ3n) is 5.42. The van der Waals surface area contributed by atoms with Crippen molar-refractivity contribution in [3.05, 3.63) is 60.8 Å². The highest BCUT2D eigenvalue weighted by Crippen LogP contribution is 2.08. The van der Waals surface area contributed by atoms with Crippen molar-refractivity contribution in [3.8, 4) is 0 Å². The van der Waals surface area contributed by atoms with Crippen molar-refractivity contribution in [2.75, 3.05) is 6.61 Å². The summed E-state index contributed by atoms with van der Waals surface area (Å²) in [6, 6.07) is 0. The van der Waals surface area contributed by atoms with Crippen LogP contribution in [0.3, 0.4) is 0 Å². The van der Waals surface area contributed by atoms with Gasteiger partial charge in [-0.2, -0.15) is 0 Å². The summed E-state index contributed by atoms with van der Waals surface area (Å²) in [5, 5.41) is 0. The predicted molar refractivity (Wildman–Crippen MR) is 146 cm³/mol. The number of allylic oxidation sites excluding steroid dienone is 10. The number of rotatable bonds is 23. The monoisotopic (exact) mass is 456 g/mol. The minimum atomic E-state index is -0.0177. The van der Waals surface area contributed by atoms with Crippen LogP contribution in [0.15, 0.2) is 60.8 Å². The Hall–Kier alpha value is -1.83. The Bertz CT molecular complexity index is 551. The lowest BCUT2D eigenvalue weighted by Gasteiger charge is -2.05. The van der Waals surface area contributed by atoms with Crippen LogP contribution < -0.4 is 0 Å². The molecule has 0 atom stereocenters. The van der Waals surface area contributed by atoms with Gasteiger partial charge in [-0.1, -0.05) is 120 Å². The van der Waals surface area contributed by atoms with Gasteiger partial charge in [-0.25, -0.2) is 0 Å². The van der Waals surface area contributed by atoms with Crippen LogP contribution in [0.2, 0.25) is 0 Å². The van der Waals surface area contributed by atoms with Gasteiger partial charge in [-0.3, -0.25) is 4.79 Å². The van der Waals surface area contributed by atoms with Gasteiger partial charge in [0.05, 0.1) is 6.61 Å². The summed E-state index contributed by atoms with van der Waals surface area (Å²) in [5.74, 6) is -0.0177. The molecule has 0 aliphatic heterocycles. The summed E-state index contributed by atoms with van der Waals surface area (Å²) >= 11 is 0. The van der Waals surface area contributed by atoms with Crippen molar-refractivity contribution in [1.82, 2.24) is 0 Å². The third kappa shape index (κ3) is 28.1. The Balaban J connectivity index is 3.41. The lowest BCUT2D eigenvalue weighted by molar-refractivity contribution is -0.143. The molecule has 0 radical (unpaired) electrons. The van der Waals surface area contributed by atoms with Gasteiger partial charge in [0.15, 0.2) is 0 Å². The molecule has 0 spiro atoms. The molecule has 33 heavy (non-hydrogen) atoms. The maximum Gasteiger partial charge on any atom is 0.305 e. The maximum atomic E-state index is 11.7. The number of hydrogen-bond donors (Lipinski definition) is 0. The van der Waals surface area contributed by atoms with Crippen LogP contribution in [0.25, 0.3) is 0 Å². The molecule has 188 valence electrons. The Labute approximate surface area is 206 Å². The van der Waals surface area contributed by atoms with Gasteiger partial charge in [0.25, 0.3) is 0 Å². The standard InChI is InChI=1S/C31H52O2/c1-3-5-7-9-11-12-13-14-15-16-17-18-19-20-21-22-23-25-27-29-31(32)33-30-28-26-24-10-8-6-4-2/h5,7,11-12,14-15,17-18,20-21H,3-4,6,8-10,13,16,19,22-30H2,1-2H3/b7-5-,12-11-,15-14-,18-17-,21-20-. The molecule has 0 fully saturated rings. The maximum absolute atomic E-state index is 11.7. The molecule has 2 heteroatoms. The van der Waals surface area contributed by atoms with E-state index in [0.717, 1.165) is 64.2 Å². The Morgan fingerprint density at radius 2 is 1.03 bits per heavy atom. The van der Waals surface area contributed by atoms with E-state index in [2.05, 4.69) is 74.6 Å². The number of hydrogen-bond acceptors (Lipinski definition) is 2. The van der Waals surface area contributed by atoms with E-state index >= 15 is 0 Å². The molecule has 0 unspecified atom stereocenters. The van der Waals surface area contributed by atoms with Crippen LogP contribution in [0.5, 0.6) is 0 Å². The predicted octanol–water partition coefficient (Wildman–Crippen LogP) is 9.98. The summed E-state index contributed by atoms with van der Waals surface area (Å²) in [4.78, 5) is 11.7. The van der Waals surface area contributed by atoms with E-state index in [4.69, 9.17) is 4.74 Å². The first-order valence-corrected chi connectivity index (χ1v) is 13.7. The van der Waals surface area contributed by atoms with Crippen molar-refractivity contribution in [3.63, 3.8) is 0 Å². The highest BCUT2D eigenvalue weighted by molar-refractivity contribution is 5.69. The average molecular weight is 457 g/mol. The van der Waals surface area contributed by atoms with E-state index in [1.165, 1.54) is 38.5 Å². The van der Waals surface area contributed by atoms with Crippen LogP contribution in [0.4, 0.5) is 0 Å². The molecule has 2 nitrogen and oxygen atoms in total. The summed E-state index contributed by atoms with van der Waals surface area (Å²) in [5.41, 5.74) is 0. The Morgan fingerprint density at radius 3 is 1.61 bits per heavy atom. The van der Waals surface area contributed by atoms with Crippen LogP contribution in [0.1, 0.15) is 123 Å². The highest BCUT2D eigenvalue weighted by atomic mass is 16.5. The van der Waals surface area contributed by atoms with Crippen molar-refractivity contribution in [2.45, 2.75) is 123 Å². The second kappa shape index (κ2) is 28.2. The zero-order chi connectivity index (χ0) is 24.1. The molecule has 0 saturated heterocycles. The number of unbranched alkanes of at least 4 members (excludes halogenated alkanes) is 9. The molecule has 0 rings (SSSR count). The number of carbonyl (C=O) groups is 1. The molecule has 0 heterocycles. The van der Waals surface area contributed by atoms with Crippen LogP contribution >= 0.6 is 0 Å². The molecule has 0 aliphatic rings. The molecule has 0 aromatic heterocycles. The minimum absolute atomic E-state index is 0.0177. The van der Waals surface area contributed by atoms with E-state index in [9.17, 15) is 4.79 Å². The van der Waals surface area contributed by atoms with Crippen molar-refractivity contribution >= 4 is 5.97 Å². The second-order valence-corrected chi connectivity index (χ2v) is 8.65. The fourth-order valence-electron chi connectivity index (χ4n) is 3.39. The zero-order valence-corrected chi connectivity index (χ0v) is 21.8. The summed E-state index contributed by atoms with van der Waals surface area (Å²) in [6.45, 7) is 5.00. The second-order valence-electron chi connectivity index (χ2n) is 8.65. The molecule has 0 saturated carbocycles. The molecule has 0 aromatic carbocycles. The highest BCUT2D eigenvalue weighted by Gasteiger charge is 2.02. The van der Waals surface area contributed by atoms with Crippen molar-refractivity contribution in [2.24, 2.45) is 0 Å². The molecule has 0 amide bonds. The number of ether oxygens (including phenoxy) is 1. The van der Waals surface area contributed by atoms with Gasteiger partial charge in [0.2, 0.25) is 0 Å². The normalized spacial score (nSPS) is 12.4. The number of esters is 1. The van der Waals surface area contributed by atoms with Gasteiger partial charge in [-0.05, 0) is 57.8 Å². The first kappa shape index (κ1) is 31.2. The quantitative estimate of drug-likeness (QED) is 0.0868. The van der Waals surface area contributed by atoms with Gasteiger partial charge < -0.3 is 4.74 Å². The van der Waals surface area contributed by atoms with Crippen molar-refractivity contribution in [1.29, 1.82) is 0 Å². The van der Waals surface area contributed by atoms with Gasteiger partial charge in [0, 0.05) is 6.42 Å². The first-order chi connectivity index (χ1) is 16.3. The van der Waals surface area contributed by atoms with E-state index in [1.54, 1.807) is 0 Å². The summed E-state index contributed by atoms with van der Waals surface area (Å²) in [7, 11) is 0. The first-order valence-electron chi connectivity index (χ1n) is 13.7. The van der Waals surface area contributed by atoms with Crippen LogP contribution in [-0.2, 0) is 9.53 Å². The largest absolute Gasteiger partial charge is 0.466 e. The minimum Gasteiger partial charge on any atom is -0.466 e. The molecular formula is C31H52O2. The molecular weight excluding hydrogens is 404 g/mol. The topological polar surface area (TPSA) is 26.3 Å². The molecule has 0 bridgehead atoms. The van der Waals surface area contributed by atoms with Gasteiger partial charge >= 0.3 is 5.97 Å². The fraction of sp³-hybridized carbons (Fsp3) is 0.645. The average Bonchev–Trinajstić information content (AvgIpc) is 2.82. The van der Waals surface area contributed by atoms with E-state index in [1.807, 2.05) is 0 Å². The smallest absolute Gasteiger partial charge is 0.305 e. The lowest BCUT2D eigenvalue weighted by Crippen LogP contribution is -2.05. The third-order valence-corrected chi connectivity index (χ3v) is 5.42. The lowest BCUT2D eigenvalue weighted by atomic mass is 10.1. The van der Waals surface area contributed by atoms with E-state index < -0.39 is 0 Å². The van der Waals surface area contributed by atoms with Gasteiger partial charge in [0.1, 0.15) is 0 Å². The SMILES string of the molecule is CC/C=C\C/C=C\C/C=C\C/C=C\C/C=C\CCCCCC(=O)OCCCCCCCCC. The Morgan fingerprint density at radius 1 is 0.545 bits per heavy atom. The van der Waals surface area contributed by atoms with Crippen molar-refractivity contribution < 1.29 is 9.53 Å². The summed E-state index contributed by atoms with van der Waals surface area (Å²) in [6.07, 6.45) is 41.1. The fourth-order valence-corrected chi connectivity index (χ4v) is 3.39. The van der Waals surface area contributed by atoms with Crippen LogP contribution in [-0.4, -0.2) is 12.6 Å². The molecule has 0 aromatic rings. The van der Waals surface area contributed by atoms with Crippen LogP contribution in [0, 0.1) is 0 Å².